The molecule has 3 nitrogen and oxygen atoms in total. The highest BCUT2D eigenvalue weighted by molar-refractivity contribution is 9.10. The maximum absolute atomic E-state index is 12.5. The first-order chi connectivity index (χ1) is 10.1. The highest BCUT2D eigenvalue weighted by atomic mass is 79.9. The fraction of sp³-hybridized carbons (Fsp3) is 0.176. The van der Waals surface area contributed by atoms with Crippen LogP contribution in [0.1, 0.15) is 38.3 Å². The zero-order valence-corrected chi connectivity index (χ0v) is 12.9. The van der Waals surface area contributed by atoms with Gasteiger partial charge in [0.25, 0.3) is 5.91 Å². The van der Waals surface area contributed by atoms with E-state index >= 15 is 0 Å². The van der Waals surface area contributed by atoms with E-state index < -0.39 is 0 Å². The van der Waals surface area contributed by atoms with E-state index in [-0.39, 0.29) is 11.7 Å². The van der Waals surface area contributed by atoms with Crippen molar-refractivity contribution < 1.29 is 9.59 Å². The number of carbonyl (C=O) groups is 2. The number of fused-ring (bicyclic) bond motifs is 1. The molecular formula is C17H14BrNO2. The molecular weight excluding hydrogens is 330 g/mol. The molecule has 1 amide bonds. The average Bonchev–Trinajstić information content (AvgIpc) is 2.69. The van der Waals surface area contributed by atoms with Gasteiger partial charge in [0.15, 0.2) is 5.78 Å². The van der Waals surface area contributed by atoms with E-state index in [1.54, 1.807) is 18.2 Å². The second-order valence-corrected chi connectivity index (χ2v) is 5.98. The Hall–Kier alpha value is -1.94. The second-order valence-electron chi connectivity index (χ2n) is 5.07. The number of amides is 1. The summed E-state index contributed by atoms with van der Waals surface area (Å²) in [5, 5.41) is 2.86. The van der Waals surface area contributed by atoms with Gasteiger partial charge >= 0.3 is 0 Å². The molecule has 21 heavy (non-hydrogen) atoms. The standard InChI is InChI=1S/C17H14BrNO2/c18-14-7-5-12(6-8-14)16(20)13-4-3-11-2-1-9-19-17(21)15(11)10-13/h3-8,10H,1-2,9H2,(H,19,21). The maximum atomic E-state index is 12.5. The van der Waals surface area contributed by atoms with Crippen molar-refractivity contribution in [3.05, 3.63) is 69.2 Å². The van der Waals surface area contributed by atoms with E-state index in [2.05, 4.69) is 21.2 Å². The number of benzene rings is 2. The Balaban J connectivity index is 1.98. The van der Waals surface area contributed by atoms with Gasteiger partial charge < -0.3 is 5.32 Å². The smallest absolute Gasteiger partial charge is 0.251 e. The van der Waals surface area contributed by atoms with Gasteiger partial charge in [-0.3, -0.25) is 9.59 Å². The largest absolute Gasteiger partial charge is 0.352 e. The predicted molar refractivity (Wildman–Crippen MR) is 84.7 cm³/mol. The van der Waals surface area contributed by atoms with Crippen LogP contribution in [0.25, 0.3) is 0 Å². The number of aryl methyl sites for hydroxylation is 1. The zero-order chi connectivity index (χ0) is 14.8. The number of hydrogen-bond acceptors (Lipinski definition) is 2. The van der Waals surface area contributed by atoms with Gasteiger partial charge in [-0.2, -0.15) is 0 Å². The van der Waals surface area contributed by atoms with Crippen LogP contribution in [0.15, 0.2) is 46.9 Å². The van der Waals surface area contributed by atoms with E-state index in [1.165, 1.54) is 0 Å². The molecule has 0 fully saturated rings. The van der Waals surface area contributed by atoms with E-state index in [1.807, 2.05) is 24.3 Å². The molecule has 1 N–H and O–H groups in total. The Kier molecular flexibility index (Phi) is 3.88. The van der Waals surface area contributed by atoms with Gasteiger partial charge in [0.2, 0.25) is 0 Å². The van der Waals surface area contributed by atoms with Gasteiger partial charge in [-0.05, 0) is 48.7 Å². The van der Waals surface area contributed by atoms with Crippen molar-refractivity contribution in [1.29, 1.82) is 0 Å². The van der Waals surface area contributed by atoms with Gasteiger partial charge in [-0.1, -0.05) is 28.1 Å². The summed E-state index contributed by atoms with van der Waals surface area (Å²) >= 11 is 3.35. The van der Waals surface area contributed by atoms with Crippen LogP contribution in [-0.4, -0.2) is 18.2 Å². The lowest BCUT2D eigenvalue weighted by Crippen LogP contribution is -2.22. The molecule has 3 rings (SSSR count). The molecule has 2 aromatic carbocycles. The van der Waals surface area contributed by atoms with Crippen molar-refractivity contribution in [3.8, 4) is 0 Å². The van der Waals surface area contributed by atoms with Crippen LogP contribution in [0.4, 0.5) is 0 Å². The van der Waals surface area contributed by atoms with Gasteiger partial charge in [-0.15, -0.1) is 0 Å². The van der Waals surface area contributed by atoms with Crippen LogP contribution in [-0.2, 0) is 6.42 Å². The van der Waals surface area contributed by atoms with Crippen LogP contribution in [0, 0.1) is 0 Å². The summed E-state index contributed by atoms with van der Waals surface area (Å²) in [6.07, 6.45) is 1.79. The molecule has 0 radical (unpaired) electrons. The third kappa shape index (κ3) is 2.90. The molecule has 0 spiro atoms. The highest BCUT2D eigenvalue weighted by Crippen LogP contribution is 2.20. The van der Waals surface area contributed by atoms with E-state index in [9.17, 15) is 9.59 Å². The Morgan fingerprint density at radius 3 is 2.52 bits per heavy atom. The van der Waals surface area contributed by atoms with Crippen LogP contribution < -0.4 is 5.32 Å². The number of carbonyl (C=O) groups excluding carboxylic acids is 2. The molecule has 1 aliphatic rings. The number of halogens is 1. The molecule has 1 heterocycles. The first kappa shape index (κ1) is 14.0. The fourth-order valence-electron chi connectivity index (χ4n) is 2.49. The minimum atomic E-state index is -0.0899. The Morgan fingerprint density at radius 1 is 1.05 bits per heavy atom. The van der Waals surface area contributed by atoms with Gasteiger partial charge in [0.05, 0.1) is 0 Å². The lowest BCUT2D eigenvalue weighted by Gasteiger charge is -2.07. The van der Waals surface area contributed by atoms with E-state index in [0.29, 0.717) is 23.2 Å². The molecule has 0 saturated carbocycles. The number of hydrogen-bond donors (Lipinski definition) is 1. The SMILES string of the molecule is O=C(c1ccc(Br)cc1)c1ccc2c(c1)C(=O)NCCC2. The molecule has 1 aliphatic heterocycles. The van der Waals surface area contributed by atoms with Crippen molar-refractivity contribution in [2.24, 2.45) is 0 Å². The summed E-state index contributed by atoms with van der Waals surface area (Å²) in [7, 11) is 0. The summed E-state index contributed by atoms with van der Waals surface area (Å²) < 4.78 is 0.931. The van der Waals surface area contributed by atoms with Crippen molar-refractivity contribution in [2.45, 2.75) is 12.8 Å². The molecule has 4 heteroatoms. The van der Waals surface area contributed by atoms with Crippen molar-refractivity contribution in [1.82, 2.24) is 5.32 Å². The van der Waals surface area contributed by atoms with Gasteiger partial charge in [0.1, 0.15) is 0 Å². The van der Waals surface area contributed by atoms with Crippen LogP contribution in [0.2, 0.25) is 0 Å². The average molecular weight is 344 g/mol. The van der Waals surface area contributed by atoms with Crippen LogP contribution in [0.3, 0.4) is 0 Å². The third-order valence-electron chi connectivity index (χ3n) is 3.63. The molecule has 0 atom stereocenters. The van der Waals surface area contributed by atoms with Gasteiger partial charge in [-0.25, -0.2) is 0 Å². The lowest BCUT2D eigenvalue weighted by atomic mass is 9.96. The predicted octanol–water partition coefficient (Wildman–Crippen LogP) is 3.36. The summed E-state index contributed by atoms with van der Waals surface area (Å²) in [6.45, 7) is 0.684. The number of ketones is 1. The molecule has 0 bridgehead atoms. The third-order valence-corrected chi connectivity index (χ3v) is 4.16. The van der Waals surface area contributed by atoms with E-state index in [0.717, 1.165) is 22.9 Å². The first-order valence-corrected chi connectivity index (χ1v) is 7.66. The van der Waals surface area contributed by atoms with Crippen molar-refractivity contribution in [3.63, 3.8) is 0 Å². The monoisotopic (exact) mass is 343 g/mol. The number of nitrogens with one attached hydrogen (secondary N) is 1. The van der Waals surface area contributed by atoms with Crippen molar-refractivity contribution >= 4 is 27.6 Å². The first-order valence-electron chi connectivity index (χ1n) is 6.86. The summed E-state index contributed by atoms with van der Waals surface area (Å²) in [5.74, 6) is -0.157. The molecule has 0 aromatic heterocycles. The highest BCUT2D eigenvalue weighted by Gasteiger charge is 2.18. The van der Waals surface area contributed by atoms with E-state index in [4.69, 9.17) is 0 Å². The Bertz CT molecular complexity index is 707. The maximum Gasteiger partial charge on any atom is 0.251 e. The lowest BCUT2D eigenvalue weighted by molar-refractivity contribution is 0.0956. The number of rotatable bonds is 2. The molecule has 106 valence electrons. The second kappa shape index (κ2) is 5.82. The summed E-state index contributed by atoms with van der Waals surface area (Å²) in [5.41, 5.74) is 2.80. The van der Waals surface area contributed by atoms with Crippen LogP contribution in [0.5, 0.6) is 0 Å². The van der Waals surface area contributed by atoms with Crippen LogP contribution >= 0.6 is 15.9 Å². The fourth-order valence-corrected chi connectivity index (χ4v) is 2.76. The molecule has 0 saturated heterocycles. The minimum absolute atomic E-state index is 0.0673. The Labute approximate surface area is 131 Å². The molecule has 2 aromatic rings. The quantitative estimate of drug-likeness (QED) is 0.850. The minimum Gasteiger partial charge on any atom is -0.352 e. The summed E-state index contributed by atoms with van der Waals surface area (Å²) in [4.78, 5) is 24.5. The van der Waals surface area contributed by atoms with Gasteiger partial charge in [0, 0.05) is 27.7 Å². The normalized spacial score (nSPS) is 14.0. The topological polar surface area (TPSA) is 46.2 Å². The Morgan fingerprint density at radius 2 is 1.76 bits per heavy atom. The summed E-state index contributed by atoms with van der Waals surface area (Å²) in [6, 6.07) is 12.6. The molecule has 0 aliphatic carbocycles. The zero-order valence-electron chi connectivity index (χ0n) is 11.4. The van der Waals surface area contributed by atoms with Crippen molar-refractivity contribution in [2.75, 3.05) is 6.54 Å². The molecule has 0 unspecified atom stereocenters.